The van der Waals surface area contributed by atoms with Gasteiger partial charge in [-0.25, -0.2) is 0 Å². The van der Waals surface area contributed by atoms with Gasteiger partial charge in [0.2, 0.25) is 0 Å². The van der Waals surface area contributed by atoms with Gasteiger partial charge >= 0.3 is 7.12 Å². The Bertz CT molecular complexity index is 610. The first-order valence-corrected chi connectivity index (χ1v) is 6.23. The van der Waals surface area contributed by atoms with Crippen molar-refractivity contribution in [2.45, 2.75) is 13.0 Å². The Kier molecular flexibility index (Phi) is 3.19. The standard InChI is InChI=1S/C15H13BO3/c17-15(12-4-2-1-3-5-12)9-11-6-7-13-10-19-16(18)14(13)8-11/h1-8,18H,9-10H2. The van der Waals surface area contributed by atoms with Crippen molar-refractivity contribution in [1.82, 2.24) is 0 Å². The van der Waals surface area contributed by atoms with E-state index in [1.54, 1.807) is 0 Å². The van der Waals surface area contributed by atoms with Crippen LogP contribution in [0.15, 0.2) is 48.5 Å². The van der Waals surface area contributed by atoms with Crippen molar-refractivity contribution in [2.24, 2.45) is 0 Å². The van der Waals surface area contributed by atoms with Crippen molar-refractivity contribution in [1.29, 1.82) is 0 Å². The lowest BCUT2D eigenvalue weighted by Gasteiger charge is -2.04. The molecule has 0 atom stereocenters. The molecule has 0 aromatic heterocycles. The fourth-order valence-corrected chi connectivity index (χ4v) is 2.29. The molecule has 1 aliphatic rings. The van der Waals surface area contributed by atoms with Gasteiger partial charge in [0.25, 0.3) is 0 Å². The van der Waals surface area contributed by atoms with Gasteiger partial charge in [0.15, 0.2) is 5.78 Å². The SMILES string of the molecule is O=C(Cc1ccc2c(c1)B(O)OC2)c1ccccc1. The number of benzene rings is 2. The average molecular weight is 252 g/mol. The molecular weight excluding hydrogens is 239 g/mol. The van der Waals surface area contributed by atoms with E-state index in [2.05, 4.69) is 0 Å². The van der Waals surface area contributed by atoms with E-state index in [0.29, 0.717) is 18.6 Å². The molecule has 4 heteroatoms. The lowest BCUT2D eigenvalue weighted by Crippen LogP contribution is -2.28. The summed E-state index contributed by atoms with van der Waals surface area (Å²) < 4.78 is 5.14. The average Bonchev–Trinajstić information content (AvgIpc) is 2.81. The molecule has 0 unspecified atom stereocenters. The summed E-state index contributed by atoms with van der Waals surface area (Å²) in [6.07, 6.45) is 0.337. The van der Waals surface area contributed by atoms with Crippen LogP contribution in [-0.4, -0.2) is 17.9 Å². The first kappa shape index (κ1) is 12.1. The molecule has 0 amide bonds. The van der Waals surface area contributed by atoms with Crippen LogP contribution in [0.25, 0.3) is 0 Å². The summed E-state index contributed by atoms with van der Waals surface area (Å²) in [7, 11) is -0.859. The third-order valence-electron chi connectivity index (χ3n) is 3.33. The molecule has 0 radical (unpaired) electrons. The Labute approximate surface area is 112 Å². The van der Waals surface area contributed by atoms with Crippen LogP contribution < -0.4 is 5.46 Å². The van der Waals surface area contributed by atoms with Crippen molar-refractivity contribution in [3.63, 3.8) is 0 Å². The van der Waals surface area contributed by atoms with Crippen molar-refractivity contribution in [2.75, 3.05) is 0 Å². The van der Waals surface area contributed by atoms with Crippen LogP contribution in [0.5, 0.6) is 0 Å². The lowest BCUT2D eigenvalue weighted by molar-refractivity contribution is 0.0993. The fourth-order valence-electron chi connectivity index (χ4n) is 2.29. The molecule has 0 saturated carbocycles. The van der Waals surface area contributed by atoms with E-state index < -0.39 is 7.12 Å². The van der Waals surface area contributed by atoms with Crippen molar-refractivity contribution < 1.29 is 14.5 Å². The molecule has 1 heterocycles. The topological polar surface area (TPSA) is 46.5 Å². The second-order valence-corrected chi connectivity index (χ2v) is 4.66. The molecule has 2 aromatic carbocycles. The molecule has 3 nitrogen and oxygen atoms in total. The number of carbonyl (C=O) groups is 1. The second-order valence-electron chi connectivity index (χ2n) is 4.66. The Morgan fingerprint density at radius 3 is 2.79 bits per heavy atom. The quantitative estimate of drug-likeness (QED) is 0.662. The van der Waals surface area contributed by atoms with Gasteiger partial charge in [-0.1, -0.05) is 48.5 Å². The van der Waals surface area contributed by atoms with Gasteiger partial charge in [0, 0.05) is 12.0 Å². The number of hydrogen-bond acceptors (Lipinski definition) is 3. The second kappa shape index (κ2) is 5.00. The summed E-state index contributed by atoms with van der Waals surface area (Å²) in [6, 6.07) is 14.9. The monoisotopic (exact) mass is 252 g/mol. The van der Waals surface area contributed by atoms with Crippen LogP contribution >= 0.6 is 0 Å². The van der Waals surface area contributed by atoms with Gasteiger partial charge < -0.3 is 9.68 Å². The van der Waals surface area contributed by atoms with E-state index in [0.717, 1.165) is 16.6 Å². The lowest BCUT2D eigenvalue weighted by atomic mass is 9.78. The maximum atomic E-state index is 12.1. The summed E-state index contributed by atoms with van der Waals surface area (Å²) in [5.41, 5.74) is 3.37. The molecule has 94 valence electrons. The third-order valence-corrected chi connectivity index (χ3v) is 3.33. The predicted molar refractivity (Wildman–Crippen MR) is 73.3 cm³/mol. The van der Waals surface area contributed by atoms with Gasteiger partial charge in [0.05, 0.1) is 6.61 Å². The highest BCUT2D eigenvalue weighted by Crippen LogP contribution is 2.13. The number of Topliss-reactive ketones (excluding diaryl/α,β-unsaturated/α-hetero) is 1. The largest absolute Gasteiger partial charge is 0.491 e. The predicted octanol–water partition coefficient (Wildman–Crippen LogP) is 1.33. The minimum atomic E-state index is -0.859. The van der Waals surface area contributed by atoms with Crippen molar-refractivity contribution in [3.05, 3.63) is 65.2 Å². The van der Waals surface area contributed by atoms with E-state index in [4.69, 9.17) is 4.65 Å². The minimum absolute atomic E-state index is 0.0777. The molecule has 1 N–H and O–H groups in total. The summed E-state index contributed by atoms with van der Waals surface area (Å²) >= 11 is 0. The first-order chi connectivity index (χ1) is 9.24. The van der Waals surface area contributed by atoms with Gasteiger partial charge in [-0.2, -0.15) is 0 Å². The molecule has 0 aliphatic carbocycles. The summed E-state index contributed by atoms with van der Waals surface area (Å²) in [5, 5.41) is 9.65. The Balaban J connectivity index is 1.81. The van der Waals surface area contributed by atoms with Gasteiger partial charge in [-0.3, -0.25) is 4.79 Å². The number of carbonyl (C=O) groups excluding carboxylic acids is 1. The van der Waals surface area contributed by atoms with Crippen LogP contribution in [0.4, 0.5) is 0 Å². The molecule has 3 rings (SSSR count). The highest BCUT2D eigenvalue weighted by molar-refractivity contribution is 6.61. The zero-order valence-electron chi connectivity index (χ0n) is 10.4. The van der Waals surface area contributed by atoms with E-state index >= 15 is 0 Å². The highest BCUT2D eigenvalue weighted by atomic mass is 16.5. The van der Waals surface area contributed by atoms with E-state index in [1.165, 1.54) is 0 Å². The van der Waals surface area contributed by atoms with Crippen LogP contribution in [0.3, 0.4) is 0 Å². The van der Waals surface area contributed by atoms with Crippen molar-refractivity contribution in [3.8, 4) is 0 Å². The van der Waals surface area contributed by atoms with Crippen LogP contribution in [-0.2, 0) is 17.7 Å². The van der Waals surface area contributed by atoms with Gasteiger partial charge in [0.1, 0.15) is 0 Å². The summed E-state index contributed by atoms with van der Waals surface area (Å²) in [5.74, 6) is 0.0777. The van der Waals surface area contributed by atoms with Crippen molar-refractivity contribution >= 4 is 18.4 Å². The zero-order valence-corrected chi connectivity index (χ0v) is 10.4. The summed E-state index contributed by atoms with van der Waals surface area (Å²) in [6.45, 7) is 0.434. The van der Waals surface area contributed by atoms with E-state index in [9.17, 15) is 9.82 Å². The van der Waals surface area contributed by atoms with Crippen LogP contribution in [0.2, 0.25) is 0 Å². The molecule has 1 aliphatic heterocycles. The number of hydrogen-bond donors (Lipinski definition) is 1. The fraction of sp³-hybridized carbons (Fsp3) is 0.133. The van der Waals surface area contributed by atoms with E-state index in [-0.39, 0.29) is 5.78 Å². The normalized spacial score (nSPS) is 13.4. The molecule has 2 aromatic rings. The molecule has 0 bridgehead atoms. The number of fused-ring (bicyclic) bond motifs is 1. The maximum absolute atomic E-state index is 12.1. The molecule has 0 spiro atoms. The third kappa shape index (κ3) is 2.45. The van der Waals surface area contributed by atoms with Crippen LogP contribution in [0.1, 0.15) is 21.5 Å². The first-order valence-electron chi connectivity index (χ1n) is 6.23. The minimum Gasteiger partial charge on any atom is -0.423 e. The Morgan fingerprint density at radius 2 is 2.00 bits per heavy atom. The molecule has 0 fully saturated rings. The molecule has 0 saturated heterocycles. The smallest absolute Gasteiger partial charge is 0.423 e. The Hall–Kier alpha value is -1.91. The van der Waals surface area contributed by atoms with E-state index in [1.807, 2.05) is 48.5 Å². The summed E-state index contributed by atoms with van der Waals surface area (Å²) in [4.78, 5) is 12.1. The zero-order chi connectivity index (χ0) is 13.2. The Morgan fingerprint density at radius 1 is 1.21 bits per heavy atom. The highest BCUT2D eigenvalue weighted by Gasteiger charge is 2.27. The number of ketones is 1. The molecule has 19 heavy (non-hydrogen) atoms. The molecular formula is C15H13BO3. The van der Waals surface area contributed by atoms with Gasteiger partial charge in [-0.05, 0) is 16.6 Å². The van der Waals surface area contributed by atoms with Crippen LogP contribution in [0, 0.1) is 0 Å². The number of rotatable bonds is 3. The van der Waals surface area contributed by atoms with Gasteiger partial charge in [-0.15, -0.1) is 0 Å². The maximum Gasteiger partial charge on any atom is 0.491 e.